The van der Waals surface area contributed by atoms with E-state index >= 15 is 0 Å². The van der Waals surface area contributed by atoms with Crippen molar-refractivity contribution in [3.63, 3.8) is 0 Å². The van der Waals surface area contributed by atoms with Crippen LogP contribution in [-0.4, -0.2) is 35.2 Å². The van der Waals surface area contributed by atoms with Crippen molar-refractivity contribution >= 4 is 17.8 Å². The van der Waals surface area contributed by atoms with Crippen LogP contribution in [0, 0.1) is 5.41 Å². The minimum atomic E-state index is -0.789. The highest BCUT2D eigenvalue weighted by atomic mass is 16.5. The molecule has 1 aromatic heterocycles. The molecule has 0 unspecified atom stereocenters. The Bertz CT molecular complexity index is 526. The Morgan fingerprint density at radius 3 is 2.81 bits per heavy atom. The van der Waals surface area contributed by atoms with Crippen LogP contribution in [0.5, 0.6) is 0 Å². The molecule has 6 nitrogen and oxygen atoms in total. The van der Waals surface area contributed by atoms with E-state index in [9.17, 15) is 9.59 Å². The van der Waals surface area contributed by atoms with Gasteiger partial charge in [0.15, 0.2) is 0 Å². The fourth-order valence-corrected chi connectivity index (χ4v) is 2.60. The van der Waals surface area contributed by atoms with Gasteiger partial charge in [0.2, 0.25) is 0 Å². The number of hydrogen-bond donors (Lipinski definition) is 2. The first-order chi connectivity index (χ1) is 10.1. The summed E-state index contributed by atoms with van der Waals surface area (Å²) in [4.78, 5) is 27.0. The largest absolute Gasteiger partial charge is 0.481 e. The van der Waals surface area contributed by atoms with Crippen molar-refractivity contribution in [1.82, 2.24) is 4.98 Å². The number of esters is 1. The number of anilines is 1. The van der Waals surface area contributed by atoms with Crippen molar-refractivity contribution in [2.75, 3.05) is 18.5 Å². The topological polar surface area (TPSA) is 88.5 Å². The molecule has 21 heavy (non-hydrogen) atoms. The maximum atomic E-state index is 11.9. The quantitative estimate of drug-likeness (QED) is 0.750. The predicted octanol–water partition coefficient (Wildman–Crippen LogP) is 2.32. The van der Waals surface area contributed by atoms with Crippen LogP contribution in [0.25, 0.3) is 0 Å². The molecular weight excluding hydrogens is 272 g/mol. The number of hydrogen-bond acceptors (Lipinski definition) is 5. The number of nitrogens with one attached hydrogen (secondary N) is 1. The number of carboxylic acid groups (broad SMARTS) is 1. The van der Waals surface area contributed by atoms with Crippen LogP contribution in [0.3, 0.4) is 0 Å². The Labute approximate surface area is 123 Å². The molecule has 0 bridgehead atoms. The van der Waals surface area contributed by atoms with Gasteiger partial charge in [0.05, 0.1) is 13.0 Å². The van der Waals surface area contributed by atoms with Crippen molar-refractivity contribution in [2.24, 2.45) is 5.41 Å². The molecule has 2 N–H and O–H groups in total. The fraction of sp³-hybridized carbons (Fsp3) is 0.533. The third-order valence-electron chi connectivity index (χ3n) is 3.87. The summed E-state index contributed by atoms with van der Waals surface area (Å²) in [6.07, 6.45) is 4.54. The van der Waals surface area contributed by atoms with Crippen molar-refractivity contribution < 1.29 is 19.4 Å². The number of pyridine rings is 1. The van der Waals surface area contributed by atoms with Gasteiger partial charge in [-0.05, 0) is 37.3 Å². The van der Waals surface area contributed by atoms with Gasteiger partial charge in [0.1, 0.15) is 11.4 Å². The Morgan fingerprint density at radius 1 is 1.48 bits per heavy atom. The normalized spacial score (nSPS) is 15.9. The Morgan fingerprint density at radius 2 is 2.24 bits per heavy atom. The number of carboxylic acids is 1. The molecule has 2 rings (SSSR count). The molecule has 114 valence electrons. The van der Waals surface area contributed by atoms with Crippen LogP contribution in [-0.2, 0) is 9.53 Å². The molecule has 1 fully saturated rings. The monoisotopic (exact) mass is 292 g/mol. The molecule has 1 aliphatic rings. The smallest absolute Gasteiger partial charge is 0.341 e. The second kappa shape index (κ2) is 6.56. The van der Waals surface area contributed by atoms with Gasteiger partial charge >= 0.3 is 11.9 Å². The lowest BCUT2D eigenvalue weighted by atomic mass is 9.66. The number of aliphatic carboxylic acids is 1. The van der Waals surface area contributed by atoms with Crippen molar-refractivity contribution in [1.29, 1.82) is 0 Å². The average Bonchev–Trinajstić information content (AvgIpc) is 2.42. The van der Waals surface area contributed by atoms with Gasteiger partial charge < -0.3 is 15.2 Å². The summed E-state index contributed by atoms with van der Waals surface area (Å²) in [5.74, 6) is -0.759. The molecule has 0 radical (unpaired) electrons. The number of ether oxygens (including phenoxy) is 1. The summed E-state index contributed by atoms with van der Waals surface area (Å²) in [6.45, 7) is 2.55. The Balaban J connectivity index is 2.06. The van der Waals surface area contributed by atoms with Crippen LogP contribution in [0.15, 0.2) is 18.3 Å². The SMILES string of the molecule is CCOC(=O)c1cccnc1NCC1(CC(=O)O)CCC1. The molecule has 0 atom stereocenters. The molecule has 1 heterocycles. The summed E-state index contributed by atoms with van der Waals surface area (Å²) < 4.78 is 4.99. The molecule has 0 saturated heterocycles. The highest BCUT2D eigenvalue weighted by molar-refractivity contribution is 5.94. The van der Waals surface area contributed by atoms with Crippen molar-refractivity contribution in [2.45, 2.75) is 32.6 Å². The molecule has 6 heteroatoms. The van der Waals surface area contributed by atoms with E-state index in [0.717, 1.165) is 19.3 Å². The van der Waals surface area contributed by atoms with E-state index in [-0.39, 0.29) is 11.8 Å². The molecule has 1 aliphatic carbocycles. The number of nitrogens with zero attached hydrogens (tertiary/aromatic N) is 1. The lowest BCUT2D eigenvalue weighted by Crippen LogP contribution is -2.39. The first-order valence-corrected chi connectivity index (χ1v) is 7.14. The zero-order valence-corrected chi connectivity index (χ0v) is 12.1. The maximum absolute atomic E-state index is 11.9. The van der Waals surface area contributed by atoms with E-state index in [4.69, 9.17) is 9.84 Å². The summed E-state index contributed by atoms with van der Waals surface area (Å²) in [6, 6.07) is 3.33. The standard InChI is InChI=1S/C15H20N2O4/c1-2-21-14(20)11-5-3-8-16-13(11)17-10-15(6-4-7-15)9-12(18)19/h3,5,8H,2,4,6-7,9-10H2,1H3,(H,16,17)(H,18,19). The molecule has 0 spiro atoms. The van der Waals surface area contributed by atoms with E-state index < -0.39 is 11.9 Å². The molecule has 0 aromatic carbocycles. The van der Waals surface area contributed by atoms with Crippen LogP contribution in [0.1, 0.15) is 43.0 Å². The molecule has 0 amide bonds. The number of rotatable bonds is 7. The van der Waals surface area contributed by atoms with E-state index in [1.807, 2.05) is 0 Å². The van der Waals surface area contributed by atoms with Crippen LogP contribution < -0.4 is 5.32 Å². The summed E-state index contributed by atoms with van der Waals surface area (Å²) in [5, 5.41) is 12.1. The van der Waals surface area contributed by atoms with Crippen molar-refractivity contribution in [3.05, 3.63) is 23.9 Å². The van der Waals surface area contributed by atoms with Crippen LogP contribution >= 0.6 is 0 Å². The second-order valence-corrected chi connectivity index (χ2v) is 5.40. The van der Waals surface area contributed by atoms with Gasteiger partial charge in [0, 0.05) is 12.7 Å². The summed E-state index contributed by atoms with van der Waals surface area (Å²) in [7, 11) is 0. The second-order valence-electron chi connectivity index (χ2n) is 5.40. The van der Waals surface area contributed by atoms with Gasteiger partial charge in [-0.3, -0.25) is 4.79 Å². The zero-order chi connectivity index (χ0) is 15.3. The molecule has 1 saturated carbocycles. The van der Waals surface area contributed by atoms with Crippen molar-refractivity contribution in [3.8, 4) is 0 Å². The van der Waals surface area contributed by atoms with Crippen LogP contribution in [0.4, 0.5) is 5.82 Å². The number of carbonyl (C=O) groups is 2. The van der Waals surface area contributed by atoms with E-state index in [1.165, 1.54) is 0 Å². The van der Waals surface area contributed by atoms with E-state index in [1.54, 1.807) is 25.3 Å². The maximum Gasteiger partial charge on any atom is 0.341 e. The van der Waals surface area contributed by atoms with E-state index in [2.05, 4.69) is 10.3 Å². The number of carbonyl (C=O) groups excluding carboxylic acids is 1. The Hall–Kier alpha value is -2.11. The summed E-state index contributed by atoms with van der Waals surface area (Å²) in [5.41, 5.74) is 0.152. The highest BCUT2D eigenvalue weighted by Gasteiger charge is 2.39. The first kappa shape index (κ1) is 15.3. The zero-order valence-electron chi connectivity index (χ0n) is 12.1. The van der Waals surface area contributed by atoms with Gasteiger partial charge in [-0.25, -0.2) is 9.78 Å². The third-order valence-corrected chi connectivity index (χ3v) is 3.87. The Kier molecular flexibility index (Phi) is 4.77. The number of aromatic nitrogens is 1. The van der Waals surface area contributed by atoms with Gasteiger partial charge in [-0.15, -0.1) is 0 Å². The predicted molar refractivity (Wildman–Crippen MR) is 77.2 cm³/mol. The fourth-order valence-electron chi connectivity index (χ4n) is 2.60. The lowest BCUT2D eigenvalue weighted by molar-refractivity contribution is -0.141. The minimum absolute atomic E-state index is 0.140. The summed E-state index contributed by atoms with van der Waals surface area (Å²) >= 11 is 0. The third kappa shape index (κ3) is 3.71. The lowest BCUT2D eigenvalue weighted by Gasteiger charge is -2.41. The average molecular weight is 292 g/mol. The minimum Gasteiger partial charge on any atom is -0.481 e. The molecule has 1 aromatic rings. The van der Waals surface area contributed by atoms with Gasteiger partial charge in [-0.1, -0.05) is 6.42 Å². The highest BCUT2D eigenvalue weighted by Crippen LogP contribution is 2.44. The molecular formula is C15H20N2O4. The van der Waals surface area contributed by atoms with E-state index in [0.29, 0.717) is 24.5 Å². The molecule has 0 aliphatic heterocycles. The van der Waals surface area contributed by atoms with Gasteiger partial charge in [0.25, 0.3) is 0 Å². The van der Waals surface area contributed by atoms with Crippen LogP contribution in [0.2, 0.25) is 0 Å². The van der Waals surface area contributed by atoms with Gasteiger partial charge in [-0.2, -0.15) is 0 Å². The first-order valence-electron chi connectivity index (χ1n) is 7.14.